The van der Waals surface area contributed by atoms with Gasteiger partial charge in [-0.2, -0.15) is 0 Å². The molecule has 0 aromatic heterocycles. The maximum Gasteiger partial charge on any atom is 0.253 e. The summed E-state index contributed by atoms with van der Waals surface area (Å²) in [5, 5.41) is 3.14. The molecular weight excluding hydrogens is 378 g/mol. The van der Waals surface area contributed by atoms with E-state index in [9.17, 15) is 14.4 Å². The van der Waals surface area contributed by atoms with Crippen LogP contribution < -0.4 is 5.32 Å². The zero-order valence-corrected chi connectivity index (χ0v) is 18.7. The van der Waals surface area contributed by atoms with Crippen LogP contribution in [0.4, 0.5) is 0 Å². The maximum atomic E-state index is 12.9. The van der Waals surface area contributed by atoms with E-state index in [0.29, 0.717) is 31.6 Å². The molecule has 1 aromatic carbocycles. The Morgan fingerprint density at radius 3 is 2.23 bits per heavy atom. The smallest absolute Gasteiger partial charge is 0.253 e. The summed E-state index contributed by atoms with van der Waals surface area (Å²) < 4.78 is 0. The zero-order chi connectivity index (χ0) is 21.9. The largest absolute Gasteiger partial charge is 0.351 e. The van der Waals surface area contributed by atoms with Crippen molar-refractivity contribution in [1.29, 1.82) is 0 Å². The summed E-state index contributed by atoms with van der Waals surface area (Å²) in [4.78, 5) is 41.8. The second kappa shape index (κ2) is 9.19. The van der Waals surface area contributed by atoms with Crippen molar-refractivity contribution < 1.29 is 14.4 Å². The molecule has 1 aromatic rings. The molecule has 1 unspecified atom stereocenters. The van der Waals surface area contributed by atoms with Crippen molar-refractivity contribution in [3.63, 3.8) is 0 Å². The van der Waals surface area contributed by atoms with Crippen LogP contribution in [-0.4, -0.2) is 59.2 Å². The highest BCUT2D eigenvalue weighted by atomic mass is 16.2. The van der Waals surface area contributed by atoms with Crippen molar-refractivity contribution in [2.75, 3.05) is 19.6 Å². The Kier molecular flexibility index (Phi) is 6.84. The number of piperidine rings is 1. The lowest BCUT2D eigenvalue weighted by atomic mass is 9.91. The van der Waals surface area contributed by atoms with Gasteiger partial charge < -0.3 is 15.1 Å². The van der Waals surface area contributed by atoms with E-state index in [4.69, 9.17) is 0 Å². The maximum absolute atomic E-state index is 12.9. The summed E-state index contributed by atoms with van der Waals surface area (Å²) in [6, 6.07) is 7.35. The highest BCUT2D eigenvalue weighted by Gasteiger charge is 2.36. The average Bonchev–Trinajstić information content (AvgIpc) is 3.18. The van der Waals surface area contributed by atoms with Gasteiger partial charge in [-0.1, -0.05) is 38.5 Å². The Bertz CT molecular complexity index is 774. The van der Waals surface area contributed by atoms with Gasteiger partial charge in [-0.15, -0.1) is 0 Å². The van der Waals surface area contributed by atoms with Crippen LogP contribution in [0.3, 0.4) is 0 Å². The van der Waals surface area contributed by atoms with Crippen LogP contribution in [-0.2, 0) is 9.59 Å². The molecule has 0 aliphatic carbocycles. The molecule has 6 heteroatoms. The number of nitrogens with zero attached hydrogens (tertiary/aromatic N) is 2. The molecule has 2 heterocycles. The van der Waals surface area contributed by atoms with Crippen LogP contribution in [0, 0.1) is 12.3 Å². The van der Waals surface area contributed by atoms with E-state index in [1.807, 2.05) is 56.9 Å². The first kappa shape index (κ1) is 22.3. The number of likely N-dealkylation sites (tertiary alicyclic amines) is 2. The van der Waals surface area contributed by atoms with Crippen LogP contribution in [0.5, 0.6) is 0 Å². The second-order valence-electron chi connectivity index (χ2n) is 9.92. The summed E-state index contributed by atoms with van der Waals surface area (Å²) in [6.07, 6.45) is 3.54. The number of aryl methyl sites for hydroxylation is 1. The molecule has 2 aliphatic rings. The molecule has 164 valence electrons. The SMILES string of the molecule is Cc1ccc(C(=O)N2CCC(NC(=O)C3CCCN3C(=O)CC(C)(C)C)CC2)cc1. The van der Waals surface area contributed by atoms with E-state index in [-0.39, 0.29) is 35.2 Å². The van der Waals surface area contributed by atoms with Gasteiger partial charge in [-0.25, -0.2) is 0 Å². The van der Waals surface area contributed by atoms with Crippen molar-refractivity contribution in [3.8, 4) is 0 Å². The number of amides is 3. The number of nitrogens with one attached hydrogen (secondary N) is 1. The minimum Gasteiger partial charge on any atom is -0.351 e. The van der Waals surface area contributed by atoms with E-state index in [2.05, 4.69) is 5.32 Å². The molecule has 0 radical (unpaired) electrons. The molecule has 1 atom stereocenters. The van der Waals surface area contributed by atoms with Crippen LogP contribution in [0.15, 0.2) is 24.3 Å². The Balaban J connectivity index is 1.50. The third kappa shape index (κ3) is 5.61. The highest BCUT2D eigenvalue weighted by Crippen LogP contribution is 2.25. The number of rotatable bonds is 4. The van der Waals surface area contributed by atoms with E-state index in [1.54, 1.807) is 4.90 Å². The van der Waals surface area contributed by atoms with Gasteiger partial charge in [0.1, 0.15) is 6.04 Å². The normalized spacial score (nSPS) is 20.3. The molecule has 0 spiro atoms. The minimum absolute atomic E-state index is 0.0435. The van der Waals surface area contributed by atoms with Crippen molar-refractivity contribution in [2.45, 2.75) is 71.9 Å². The predicted octanol–water partition coefficient (Wildman–Crippen LogP) is 3.14. The first-order valence-electron chi connectivity index (χ1n) is 11.1. The fourth-order valence-corrected chi connectivity index (χ4v) is 4.30. The molecule has 2 aliphatic heterocycles. The van der Waals surface area contributed by atoms with Crippen molar-refractivity contribution in [1.82, 2.24) is 15.1 Å². The third-order valence-corrected chi connectivity index (χ3v) is 5.98. The van der Waals surface area contributed by atoms with Gasteiger partial charge in [0.25, 0.3) is 5.91 Å². The first-order valence-corrected chi connectivity index (χ1v) is 11.1. The Labute approximate surface area is 180 Å². The Morgan fingerprint density at radius 1 is 1.00 bits per heavy atom. The number of carbonyl (C=O) groups is 3. The van der Waals surface area contributed by atoms with E-state index >= 15 is 0 Å². The molecule has 30 heavy (non-hydrogen) atoms. The van der Waals surface area contributed by atoms with E-state index in [0.717, 1.165) is 31.2 Å². The molecule has 1 N–H and O–H groups in total. The summed E-state index contributed by atoms with van der Waals surface area (Å²) in [6.45, 7) is 10.1. The first-order chi connectivity index (χ1) is 14.1. The van der Waals surface area contributed by atoms with Gasteiger partial charge in [-0.3, -0.25) is 14.4 Å². The second-order valence-corrected chi connectivity index (χ2v) is 9.92. The lowest BCUT2D eigenvalue weighted by Gasteiger charge is -2.34. The van der Waals surface area contributed by atoms with Gasteiger partial charge in [0.15, 0.2) is 0 Å². The monoisotopic (exact) mass is 413 g/mol. The van der Waals surface area contributed by atoms with Crippen LogP contribution >= 0.6 is 0 Å². The van der Waals surface area contributed by atoms with Crippen LogP contribution in [0.1, 0.15) is 68.8 Å². The zero-order valence-electron chi connectivity index (χ0n) is 18.7. The molecule has 6 nitrogen and oxygen atoms in total. The standard InChI is InChI=1S/C24H35N3O3/c1-17-7-9-18(10-8-17)23(30)26-14-11-19(12-15-26)25-22(29)20-6-5-13-27(20)21(28)16-24(2,3)4/h7-10,19-20H,5-6,11-16H2,1-4H3,(H,25,29). The average molecular weight is 414 g/mol. The fourth-order valence-electron chi connectivity index (χ4n) is 4.30. The van der Waals surface area contributed by atoms with Crippen molar-refractivity contribution >= 4 is 17.7 Å². The molecule has 3 amide bonds. The predicted molar refractivity (Wildman–Crippen MR) is 117 cm³/mol. The molecule has 0 bridgehead atoms. The van der Waals surface area contributed by atoms with Crippen molar-refractivity contribution in [2.24, 2.45) is 5.41 Å². The number of benzene rings is 1. The van der Waals surface area contributed by atoms with Crippen molar-refractivity contribution in [3.05, 3.63) is 35.4 Å². The molecule has 2 saturated heterocycles. The summed E-state index contributed by atoms with van der Waals surface area (Å²) in [5.41, 5.74) is 1.76. The van der Waals surface area contributed by atoms with Gasteiger partial charge in [0.05, 0.1) is 0 Å². The van der Waals surface area contributed by atoms with Gasteiger partial charge in [0, 0.05) is 37.7 Å². The summed E-state index contributed by atoms with van der Waals surface area (Å²) in [7, 11) is 0. The number of carbonyl (C=O) groups excluding carboxylic acids is 3. The molecule has 3 rings (SSSR count). The quantitative estimate of drug-likeness (QED) is 0.824. The van der Waals surface area contributed by atoms with Crippen LogP contribution in [0.25, 0.3) is 0 Å². The van der Waals surface area contributed by atoms with Crippen LogP contribution in [0.2, 0.25) is 0 Å². The minimum atomic E-state index is -0.355. The third-order valence-electron chi connectivity index (χ3n) is 5.98. The lowest BCUT2D eigenvalue weighted by Crippen LogP contribution is -2.52. The topological polar surface area (TPSA) is 69.7 Å². The van der Waals surface area contributed by atoms with E-state index in [1.165, 1.54) is 0 Å². The van der Waals surface area contributed by atoms with Gasteiger partial charge in [0.2, 0.25) is 11.8 Å². The summed E-state index contributed by atoms with van der Waals surface area (Å²) in [5.74, 6) is 0.0752. The van der Waals surface area contributed by atoms with Gasteiger partial charge in [-0.05, 0) is 50.2 Å². The molecular formula is C24H35N3O3. The molecule has 0 saturated carbocycles. The Hall–Kier alpha value is -2.37. The number of hydrogen-bond donors (Lipinski definition) is 1. The summed E-state index contributed by atoms with van der Waals surface area (Å²) >= 11 is 0. The number of hydrogen-bond acceptors (Lipinski definition) is 3. The fraction of sp³-hybridized carbons (Fsp3) is 0.625. The Morgan fingerprint density at radius 2 is 1.63 bits per heavy atom. The highest BCUT2D eigenvalue weighted by molar-refractivity contribution is 5.94. The van der Waals surface area contributed by atoms with Gasteiger partial charge >= 0.3 is 0 Å². The van der Waals surface area contributed by atoms with E-state index < -0.39 is 0 Å². The lowest BCUT2D eigenvalue weighted by molar-refractivity contribution is -0.140. The molecule has 2 fully saturated rings.